The van der Waals surface area contributed by atoms with E-state index in [9.17, 15) is 63.3 Å². The molecule has 9 amide bonds. The maximum atomic E-state index is 13.5. The van der Waals surface area contributed by atoms with Crippen LogP contribution in [0.1, 0.15) is 81.1 Å². The number of hydrogen-bond acceptors (Lipinski definition) is 14. The van der Waals surface area contributed by atoms with Crippen LogP contribution in [0.15, 0.2) is 0 Å². The SMILES string of the molecule is CC(C)C[C@H](NC(=O)[C@H](CO)NC(=O)[C@@H](NC(=O)[C@H](C)NC(=O)[C@H](CC(C)C)NC(=O)[C@H](CO)NC(=O)[C@H](C)NC(=O)[C@@H]1CCCN1C(=O)[C@@H](N)CO)C(C)C)C(=O)NCC(=O)O. The highest BCUT2D eigenvalue weighted by Crippen LogP contribution is 2.18. The van der Waals surface area contributed by atoms with E-state index in [0.29, 0.717) is 6.42 Å². The van der Waals surface area contributed by atoms with Gasteiger partial charge in [0.2, 0.25) is 53.2 Å². The fourth-order valence-electron chi connectivity index (χ4n) is 6.34. The van der Waals surface area contributed by atoms with Gasteiger partial charge in [0.25, 0.3) is 0 Å². The van der Waals surface area contributed by atoms with Gasteiger partial charge in [-0.3, -0.25) is 47.9 Å². The average Bonchev–Trinajstić information content (AvgIpc) is 3.71. The summed E-state index contributed by atoms with van der Waals surface area (Å²) in [6.45, 7) is 9.88. The Morgan fingerprint density at radius 2 is 1.02 bits per heavy atom. The van der Waals surface area contributed by atoms with E-state index in [0.717, 1.165) is 0 Å². The van der Waals surface area contributed by atoms with Crippen molar-refractivity contribution in [1.29, 1.82) is 0 Å². The molecule has 0 bridgehead atoms. The van der Waals surface area contributed by atoms with Crippen molar-refractivity contribution >= 4 is 59.1 Å². The predicted molar refractivity (Wildman–Crippen MR) is 223 cm³/mol. The second-order valence-corrected chi connectivity index (χ2v) is 16.7. The molecule has 358 valence electrons. The van der Waals surface area contributed by atoms with E-state index in [-0.39, 0.29) is 37.6 Å². The predicted octanol–water partition coefficient (Wildman–Crippen LogP) is -5.34. The molecule has 9 atom stereocenters. The minimum atomic E-state index is -1.59. The van der Waals surface area contributed by atoms with Crippen molar-refractivity contribution < 1.29 is 68.4 Å². The molecule has 0 radical (unpaired) electrons. The Bertz CT molecular complexity index is 1630. The summed E-state index contributed by atoms with van der Waals surface area (Å²) >= 11 is 0. The van der Waals surface area contributed by atoms with Gasteiger partial charge in [-0.2, -0.15) is 0 Å². The maximum Gasteiger partial charge on any atom is 0.322 e. The molecule has 0 spiro atoms. The summed E-state index contributed by atoms with van der Waals surface area (Å²) in [6.07, 6.45) is 0.917. The van der Waals surface area contributed by atoms with Crippen molar-refractivity contribution in [2.24, 2.45) is 23.5 Å². The molecule has 1 rings (SSSR count). The molecule has 63 heavy (non-hydrogen) atoms. The Morgan fingerprint density at radius 1 is 0.571 bits per heavy atom. The van der Waals surface area contributed by atoms with Crippen molar-refractivity contribution in [2.45, 2.75) is 135 Å². The third-order valence-corrected chi connectivity index (χ3v) is 9.83. The van der Waals surface area contributed by atoms with E-state index in [1.165, 1.54) is 18.7 Å². The summed E-state index contributed by atoms with van der Waals surface area (Å²) in [5.74, 6) is -9.66. The fraction of sp³-hybridized carbons (Fsp3) is 0.744. The van der Waals surface area contributed by atoms with Gasteiger partial charge in [0.15, 0.2) is 0 Å². The first-order valence-corrected chi connectivity index (χ1v) is 20.9. The summed E-state index contributed by atoms with van der Waals surface area (Å²) in [6, 6.07) is -11.7. The number of hydrogen-bond donors (Lipinski definition) is 13. The summed E-state index contributed by atoms with van der Waals surface area (Å²) in [4.78, 5) is 130. The summed E-state index contributed by atoms with van der Waals surface area (Å²) < 4.78 is 0. The first-order valence-electron chi connectivity index (χ1n) is 20.9. The van der Waals surface area contributed by atoms with Gasteiger partial charge in [-0.25, -0.2) is 0 Å². The molecule has 1 aliphatic heterocycles. The average molecular weight is 901 g/mol. The monoisotopic (exact) mass is 900 g/mol. The molecule has 0 saturated carbocycles. The quantitative estimate of drug-likeness (QED) is 0.0386. The van der Waals surface area contributed by atoms with Crippen molar-refractivity contribution in [2.75, 3.05) is 32.9 Å². The number of likely N-dealkylation sites (tertiary alicyclic amines) is 1. The lowest BCUT2D eigenvalue weighted by Gasteiger charge is -2.28. The van der Waals surface area contributed by atoms with E-state index < -0.39 is 146 Å². The molecule has 1 aliphatic rings. The molecule has 14 N–H and O–H groups in total. The van der Waals surface area contributed by atoms with Gasteiger partial charge in [0.1, 0.15) is 60.9 Å². The molecule has 1 heterocycles. The maximum absolute atomic E-state index is 13.5. The molecule has 0 aromatic heterocycles. The largest absolute Gasteiger partial charge is 0.480 e. The van der Waals surface area contributed by atoms with Crippen LogP contribution in [0.3, 0.4) is 0 Å². The molecule has 24 heteroatoms. The molecule has 0 aromatic carbocycles. The van der Waals surface area contributed by atoms with Crippen molar-refractivity contribution in [3.63, 3.8) is 0 Å². The van der Waals surface area contributed by atoms with E-state index in [4.69, 9.17) is 10.8 Å². The molecule has 24 nitrogen and oxygen atoms in total. The van der Waals surface area contributed by atoms with Gasteiger partial charge >= 0.3 is 5.97 Å². The third kappa shape index (κ3) is 18.4. The summed E-state index contributed by atoms with van der Waals surface area (Å²) in [5.41, 5.74) is 5.63. The highest BCUT2D eigenvalue weighted by molar-refractivity contribution is 5.98. The van der Waals surface area contributed by atoms with Crippen LogP contribution in [0.25, 0.3) is 0 Å². The summed E-state index contributed by atoms with van der Waals surface area (Å²) in [5, 5.41) is 57.3. The molecule has 1 saturated heterocycles. The van der Waals surface area contributed by atoms with E-state index in [1.54, 1.807) is 41.5 Å². The van der Waals surface area contributed by atoms with E-state index in [2.05, 4.69) is 42.5 Å². The number of carbonyl (C=O) groups is 10. The Kier molecular flexibility index (Phi) is 23.7. The second-order valence-electron chi connectivity index (χ2n) is 16.7. The smallest absolute Gasteiger partial charge is 0.322 e. The van der Waals surface area contributed by atoms with Crippen LogP contribution in [0.2, 0.25) is 0 Å². The second kappa shape index (κ2) is 26.9. The molecule has 0 aliphatic carbocycles. The van der Waals surface area contributed by atoms with Crippen LogP contribution in [0.5, 0.6) is 0 Å². The van der Waals surface area contributed by atoms with Gasteiger partial charge < -0.3 is 73.6 Å². The number of carboxylic acids is 1. The molecule has 0 unspecified atom stereocenters. The van der Waals surface area contributed by atoms with Gasteiger partial charge in [-0.15, -0.1) is 0 Å². The lowest BCUT2D eigenvalue weighted by atomic mass is 10.0. The normalized spacial score (nSPS) is 17.5. The van der Waals surface area contributed by atoms with Gasteiger partial charge in [-0.05, 0) is 57.3 Å². The number of amides is 9. The topological polar surface area (TPSA) is 377 Å². The van der Waals surface area contributed by atoms with Crippen LogP contribution in [0.4, 0.5) is 0 Å². The molecular weight excluding hydrogens is 832 g/mol. The lowest BCUT2D eigenvalue weighted by molar-refractivity contribution is -0.141. The number of nitrogens with two attached hydrogens (primary N) is 1. The fourth-order valence-corrected chi connectivity index (χ4v) is 6.34. The standard InChI is InChI=1S/C39H68N10O14/c1-18(2)12-24(33(57)41-14-29(53)54)44-36(60)27(17-52)47-38(62)30(20(5)6)48-32(56)22(8)42-34(58)25(13-19(3)4)45-35(59)26(16-51)46-31(55)21(7)43-37(61)28-10-9-11-49(28)39(63)23(40)15-50/h18-28,30,50-52H,9-17,40H2,1-8H3,(H,41,57)(H,42,58)(H,43,61)(H,44,60)(H,45,59)(H,46,55)(H,47,62)(H,48,56)(H,53,54)/t21-,22-,23-,24-,25-,26-,27-,28-,30-/m0/s1. The van der Waals surface area contributed by atoms with Crippen LogP contribution >= 0.6 is 0 Å². The van der Waals surface area contributed by atoms with Crippen LogP contribution < -0.4 is 48.3 Å². The van der Waals surface area contributed by atoms with Gasteiger partial charge in [0.05, 0.1) is 19.8 Å². The zero-order valence-electron chi connectivity index (χ0n) is 37.2. The van der Waals surface area contributed by atoms with Gasteiger partial charge in [-0.1, -0.05) is 41.5 Å². The Balaban J connectivity index is 2.97. The van der Waals surface area contributed by atoms with Crippen LogP contribution in [-0.2, 0) is 47.9 Å². The third-order valence-electron chi connectivity index (χ3n) is 9.83. The molecular formula is C39H68N10O14. The number of nitrogens with one attached hydrogen (secondary N) is 8. The highest BCUT2D eigenvalue weighted by Gasteiger charge is 2.38. The minimum Gasteiger partial charge on any atom is -0.480 e. The van der Waals surface area contributed by atoms with Crippen molar-refractivity contribution in [3.05, 3.63) is 0 Å². The van der Waals surface area contributed by atoms with Crippen LogP contribution in [0, 0.1) is 17.8 Å². The Labute approximate surface area is 366 Å². The zero-order valence-corrected chi connectivity index (χ0v) is 37.2. The van der Waals surface area contributed by atoms with Crippen molar-refractivity contribution in [3.8, 4) is 0 Å². The first kappa shape index (κ1) is 55.6. The number of carboxylic acid groups (broad SMARTS) is 1. The highest BCUT2D eigenvalue weighted by atomic mass is 16.4. The summed E-state index contributed by atoms with van der Waals surface area (Å²) in [7, 11) is 0. The van der Waals surface area contributed by atoms with Crippen LogP contribution in [-0.4, -0.2) is 172 Å². The molecule has 1 fully saturated rings. The van der Waals surface area contributed by atoms with E-state index in [1.807, 2.05) is 0 Å². The first-order chi connectivity index (χ1) is 29.4. The Morgan fingerprint density at radius 3 is 1.48 bits per heavy atom. The number of carbonyl (C=O) groups excluding carboxylic acids is 9. The molecule has 0 aromatic rings. The van der Waals surface area contributed by atoms with E-state index >= 15 is 0 Å². The van der Waals surface area contributed by atoms with Gasteiger partial charge in [0, 0.05) is 6.54 Å². The zero-order chi connectivity index (χ0) is 48.3. The number of aliphatic carboxylic acids is 1. The number of nitrogens with zero attached hydrogens (tertiary/aromatic N) is 1. The lowest BCUT2D eigenvalue weighted by Crippen LogP contribution is -2.61. The van der Waals surface area contributed by atoms with Crippen molar-refractivity contribution in [1.82, 2.24) is 47.4 Å². The minimum absolute atomic E-state index is 0.0435. The number of aliphatic hydroxyl groups is 3. The number of aliphatic hydroxyl groups excluding tert-OH is 3. The Hall–Kier alpha value is -5.46. The number of rotatable bonds is 26.